The summed E-state index contributed by atoms with van der Waals surface area (Å²) < 4.78 is 60.9. The molecular weight excluding hydrogens is 1170 g/mol. The molecule has 0 aliphatic carbocycles. The Labute approximate surface area is 538 Å². The third-order valence-corrected chi connectivity index (χ3v) is 15.6. The molecular formula is C71H120O16P2. The molecule has 510 valence electrons. The van der Waals surface area contributed by atoms with E-state index in [4.69, 9.17) is 32.3 Å². The molecule has 0 aliphatic heterocycles. The van der Waals surface area contributed by atoms with E-state index in [1.807, 2.05) is 0 Å². The molecule has 0 spiro atoms. The Morgan fingerprint density at radius 2 is 0.596 bits per heavy atom. The molecule has 0 saturated heterocycles. The van der Waals surface area contributed by atoms with Crippen LogP contribution in [0.5, 0.6) is 0 Å². The number of ether oxygens (including phenoxy) is 3. The van der Waals surface area contributed by atoms with Crippen LogP contribution in [-0.2, 0) is 55.8 Å². The minimum atomic E-state index is -4.94. The summed E-state index contributed by atoms with van der Waals surface area (Å²) in [7, 11) is -9.79. The van der Waals surface area contributed by atoms with Crippen LogP contribution in [0.15, 0.2) is 122 Å². The number of phosphoric acid groups is 2. The van der Waals surface area contributed by atoms with Crippen molar-refractivity contribution >= 4 is 33.6 Å². The lowest BCUT2D eigenvalue weighted by atomic mass is 10.1. The molecule has 0 aromatic carbocycles. The Morgan fingerprint density at radius 3 is 0.944 bits per heavy atom. The fourth-order valence-corrected chi connectivity index (χ4v) is 10.1. The first-order valence-electron chi connectivity index (χ1n) is 33.8. The van der Waals surface area contributed by atoms with Crippen molar-refractivity contribution < 1.29 is 75.8 Å². The molecule has 0 bridgehead atoms. The van der Waals surface area contributed by atoms with Gasteiger partial charge in [0.05, 0.1) is 26.4 Å². The monoisotopic (exact) mass is 1290 g/mol. The van der Waals surface area contributed by atoms with E-state index in [0.29, 0.717) is 19.3 Å². The number of allylic oxidation sites excluding steroid dienone is 20. The van der Waals surface area contributed by atoms with Crippen LogP contribution in [0.2, 0.25) is 0 Å². The van der Waals surface area contributed by atoms with Crippen molar-refractivity contribution in [1.82, 2.24) is 0 Å². The highest BCUT2D eigenvalue weighted by Gasteiger charge is 2.29. The average Bonchev–Trinajstić information content (AvgIpc) is 3.67. The number of aliphatic hydroxyl groups excluding tert-OH is 2. The van der Waals surface area contributed by atoms with Gasteiger partial charge in [-0.15, -0.1) is 0 Å². The number of carbonyl (C=O) groups excluding carboxylic acids is 3. The average molecular weight is 1290 g/mol. The zero-order chi connectivity index (χ0) is 65.3. The largest absolute Gasteiger partial charge is 0.472 e. The first kappa shape index (κ1) is 85.0. The van der Waals surface area contributed by atoms with E-state index in [0.717, 1.165) is 173 Å². The number of carbonyl (C=O) groups is 3. The van der Waals surface area contributed by atoms with Gasteiger partial charge in [0.1, 0.15) is 25.4 Å². The second-order valence-electron chi connectivity index (χ2n) is 22.2. The van der Waals surface area contributed by atoms with Crippen LogP contribution >= 0.6 is 15.6 Å². The molecule has 18 heteroatoms. The molecule has 16 nitrogen and oxygen atoms in total. The van der Waals surface area contributed by atoms with E-state index in [1.54, 1.807) is 0 Å². The molecule has 0 rings (SSSR count). The summed E-state index contributed by atoms with van der Waals surface area (Å²) >= 11 is 0. The third-order valence-electron chi connectivity index (χ3n) is 13.7. The molecule has 0 aliphatic rings. The van der Waals surface area contributed by atoms with Gasteiger partial charge >= 0.3 is 33.6 Å². The van der Waals surface area contributed by atoms with Crippen LogP contribution in [0.4, 0.5) is 0 Å². The smallest absolute Gasteiger partial charge is 0.463 e. The number of esters is 3. The third kappa shape index (κ3) is 65.3. The van der Waals surface area contributed by atoms with E-state index < -0.39 is 91.5 Å². The molecule has 0 fully saturated rings. The minimum absolute atomic E-state index is 0.0837. The highest BCUT2D eigenvalue weighted by atomic mass is 31.2. The fourth-order valence-electron chi connectivity index (χ4n) is 8.52. The number of hydrogen-bond donors (Lipinski definition) is 4. The summed E-state index contributed by atoms with van der Waals surface area (Å²) in [6.07, 6.45) is 72.4. The van der Waals surface area contributed by atoms with Gasteiger partial charge in [-0.25, -0.2) is 9.13 Å². The van der Waals surface area contributed by atoms with Crippen LogP contribution in [0, 0.1) is 0 Å². The normalized spacial score (nSPS) is 15.0. The van der Waals surface area contributed by atoms with Gasteiger partial charge in [-0.05, 0) is 128 Å². The Bertz CT molecular complexity index is 2110. The molecule has 0 aromatic heterocycles. The zero-order valence-corrected chi connectivity index (χ0v) is 56.8. The fraction of sp³-hybridized carbons (Fsp3) is 0.676. The maximum atomic E-state index is 12.9. The topological polar surface area (TPSA) is 231 Å². The van der Waals surface area contributed by atoms with E-state index in [9.17, 15) is 43.5 Å². The molecule has 0 heterocycles. The van der Waals surface area contributed by atoms with Crippen LogP contribution in [-0.4, -0.2) is 95.9 Å². The second kappa shape index (κ2) is 64.1. The Balaban J connectivity index is 4.74. The van der Waals surface area contributed by atoms with Gasteiger partial charge < -0.3 is 34.2 Å². The van der Waals surface area contributed by atoms with Crippen molar-refractivity contribution in [3.8, 4) is 0 Å². The molecule has 0 saturated carbocycles. The lowest BCUT2D eigenvalue weighted by Crippen LogP contribution is -2.30. The molecule has 0 aromatic rings. The first-order valence-corrected chi connectivity index (χ1v) is 36.8. The van der Waals surface area contributed by atoms with Gasteiger partial charge in [-0.1, -0.05) is 226 Å². The maximum absolute atomic E-state index is 12.9. The van der Waals surface area contributed by atoms with Crippen LogP contribution in [0.3, 0.4) is 0 Å². The lowest BCUT2D eigenvalue weighted by Gasteiger charge is -2.21. The van der Waals surface area contributed by atoms with Gasteiger partial charge in [0.15, 0.2) is 6.10 Å². The predicted molar refractivity (Wildman–Crippen MR) is 362 cm³/mol. The van der Waals surface area contributed by atoms with Crippen molar-refractivity contribution in [3.63, 3.8) is 0 Å². The molecule has 89 heavy (non-hydrogen) atoms. The number of rotatable bonds is 63. The van der Waals surface area contributed by atoms with Crippen molar-refractivity contribution in [2.45, 2.75) is 270 Å². The number of unbranched alkanes of at least 4 members (excludes halogenated alkanes) is 20. The second-order valence-corrected chi connectivity index (χ2v) is 25.1. The van der Waals surface area contributed by atoms with Crippen LogP contribution < -0.4 is 0 Å². The Morgan fingerprint density at radius 1 is 0.326 bits per heavy atom. The van der Waals surface area contributed by atoms with Crippen LogP contribution in [0.25, 0.3) is 0 Å². The van der Waals surface area contributed by atoms with Crippen LogP contribution in [0.1, 0.15) is 252 Å². The van der Waals surface area contributed by atoms with E-state index >= 15 is 0 Å². The van der Waals surface area contributed by atoms with Crippen molar-refractivity contribution in [2.75, 3.05) is 39.6 Å². The summed E-state index contributed by atoms with van der Waals surface area (Å²) in [5.41, 5.74) is 0. The summed E-state index contributed by atoms with van der Waals surface area (Å²) in [6.45, 7) is 2.35. The van der Waals surface area contributed by atoms with Crippen molar-refractivity contribution in [1.29, 1.82) is 0 Å². The summed E-state index contributed by atoms with van der Waals surface area (Å²) in [6, 6.07) is 0. The maximum Gasteiger partial charge on any atom is 0.472 e. The minimum Gasteiger partial charge on any atom is -0.463 e. The molecule has 4 N–H and O–H groups in total. The molecule has 0 radical (unpaired) electrons. The highest BCUT2D eigenvalue weighted by molar-refractivity contribution is 7.47. The summed E-state index contributed by atoms with van der Waals surface area (Å²) in [5.74, 6) is -1.63. The molecule has 5 atom stereocenters. The van der Waals surface area contributed by atoms with Crippen molar-refractivity contribution in [3.05, 3.63) is 122 Å². The number of phosphoric ester groups is 2. The number of hydrogen-bond acceptors (Lipinski definition) is 14. The standard InChI is InChI=1S/C71H120O16P2/c1-4-7-10-13-16-19-22-25-28-31-32-35-37-39-42-45-48-51-54-57-69(74)81-60-66(72)61-83-88(77,78)84-62-67(73)63-85-89(79,80)86-65-68(87-71(76)59-56-53-50-47-44-41-38-34-30-27-24-21-18-15-12-9-6-3)64-82-70(75)58-55-52-49-46-43-40-36-33-29-26-23-20-17-14-11-8-5-2/h8-9,11-12,16-21,25-30,32,35-36,40,66-68,72-73H,4-7,10,13-15,22-24,31,33-34,37-39,41-65H2,1-3H3,(H,77,78)(H,79,80)/b11-8-,12-9-,19-16-,20-17-,21-18-,28-25-,29-26-,30-27-,35-32-,40-36-. The van der Waals surface area contributed by atoms with Gasteiger partial charge in [0, 0.05) is 19.3 Å². The summed E-state index contributed by atoms with van der Waals surface area (Å²) in [5, 5.41) is 20.5. The van der Waals surface area contributed by atoms with Gasteiger partial charge in [-0.3, -0.25) is 32.5 Å². The van der Waals surface area contributed by atoms with E-state index in [2.05, 4.69) is 142 Å². The molecule has 5 unspecified atom stereocenters. The van der Waals surface area contributed by atoms with Gasteiger partial charge in [-0.2, -0.15) is 0 Å². The quantitative estimate of drug-likeness (QED) is 0.0146. The Kier molecular flexibility index (Phi) is 61.2. The van der Waals surface area contributed by atoms with Gasteiger partial charge in [0.25, 0.3) is 0 Å². The van der Waals surface area contributed by atoms with E-state index in [1.165, 1.54) is 19.3 Å². The molecule has 0 amide bonds. The zero-order valence-electron chi connectivity index (χ0n) is 55.1. The first-order chi connectivity index (χ1) is 43.2. The SMILES string of the molecule is CC/C=C\C/C=C\C/C=C\C/C=C\CCCCCCC(=O)OCC(COP(=O)(O)OCC(O)COP(=O)(O)OCC(O)COC(=O)CCCCCCCC/C=C\C/C=C\C/C=C\CCCCC)OC(=O)CCCCCCCCC/C=C\C/C=C\C/C=C\CC. The van der Waals surface area contributed by atoms with Crippen molar-refractivity contribution in [2.24, 2.45) is 0 Å². The van der Waals surface area contributed by atoms with E-state index in [-0.39, 0.29) is 19.3 Å². The Hall–Kier alpha value is -4.05. The lowest BCUT2D eigenvalue weighted by molar-refractivity contribution is -0.161. The predicted octanol–water partition coefficient (Wildman–Crippen LogP) is 18.6. The van der Waals surface area contributed by atoms with Gasteiger partial charge in [0.2, 0.25) is 0 Å². The highest BCUT2D eigenvalue weighted by Crippen LogP contribution is 2.45. The summed E-state index contributed by atoms with van der Waals surface area (Å²) in [4.78, 5) is 58.4. The number of aliphatic hydroxyl groups is 2.